The van der Waals surface area contributed by atoms with Crippen LogP contribution >= 0.6 is 22.6 Å². The number of rotatable bonds is 3. The normalized spacial score (nSPS) is 19.4. The zero-order chi connectivity index (χ0) is 11.4. The number of piperidine rings is 1. The minimum Gasteiger partial charge on any atom is -0.496 e. The maximum Gasteiger partial charge on any atom is 0.124 e. The number of benzene rings is 1. The highest BCUT2D eigenvalue weighted by molar-refractivity contribution is 14.1. The molecular formula is C13H18INO. The molecular weight excluding hydrogens is 313 g/mol. The van der Waals surface area contributed by atoms with Gasteiger partial charge in [0.15, 0.2) is 0 Å². The van der Waals surface area contributed by atoms with Crippen molar-refractivity contribution in [2.45, 2.75) is 23.3 Å². The van der Waals surface area contributed by atoms with E-state index in [1.165, 1.54) is 37.9 Å². The van der Waals surface area contributed by atoms with Crippen LogP contribution in [0.15, 0.2) is 24.3 Å². The SMILES string of the molecule is COc1ccccc1C(I)N1CCCCC1. The van der Waals surface area contributed by atoms with Crippen LogP contribution in [0.4, 0.5) is 0 Å². The molecule has 3 heteroatoms. The van der Waals surface area contributed by atoms with Gasteiger partial charge in [-0.2, -0.15) is 0 Å². The maximum absolute atomic E-state index is 5.43. The summed E-state index contributed by atoms with van der Waals surface area (Å²) in [4.78, 5) is 2.54. The second-order valence-corrected chi connectivity index (χ2v) is 5.35. The van der Waals surface area contributed by atoms with Crippen molar-refractivity contribution >= 4 is 22.6 Å². The number of hydrogen-bond acceptors (Lipinski definition) is 2. The van der Waals surface area contributed by atoms with Gasteiger partial charge in [-0.05, 0) is 32.0 Å². The van der Waals surface area contributed by atoms with Gasteiger partial charge in [-0.1, -0.05) is 47.2 Å². The highest BCUT2D eigenvalue weighted by Gasteiger charge is 2.21. The minimum atomic E-state index is 0.439. The van der Waals surface area contributed by atoms with E-state index in [1.54, 1.807) is 7.11 Å². The van der Waals surface area contributed by atoms with E-state index < -0.39 is 0 Å². The van der Waals surface area contributed by atoms with E-state index in [1.807, 2.05) is 12.1 Å². The lowest BCUT2D eigenvalue weighted by Gasteiger charge is -2.31. The zero-order valence-electron chi connectivity index (χ0n) is 9.66. The van der Waals surface area contributed by atoms with Gasteiger partial charge in [0.25, 0.3) is 0 Å². The Kier molecular flexibility index (Phi) is 4.46. The molecule has 0 aliphatic carbocycles. The fourth-order valence-electron chi connectivity index (χ4n) is 2.20. The average molecular weight is 331 g/mol. The van der Waals surface area contributed by atoms with Gasteiger partial charge in [0.2, 0.25) is 0 Å². The zero-order valence-corrected chi connectivity index (χ0v) is 11.8. The number of hydrogen-bond donors (Lipinski definition) is 0. The summed E-state index contributed by atoms with van der Waals surface area (Å²) in [5, 5.41) is 0. The molecule has 0 radical (unpaired) electrons. The van der Waals surface area contributed by atoms with Crippen LogP contribution in [0.2, 0.25) is 0 Å². The number of methoxy groups -OCH3 is 1. The molecule has 0 saturated carbocycles. The van der Waals surface area contributed by atoms with Crippen LogP contribution in [0.25, 0.3) is 0 Å². The summed E-state index contributed by atoms with van der Waals surface area (Å²) in [7, 11) is 1.75. The highest BCUT2D eigenvalue weighted by Crippen LogP contribution is 2.35. The smallest absolute Gasteiger partial charge is 0.124 e. The van der Waals surface area contributed by atoms with Gasteiger partial charge in [-0.3, -0.25) is 4.90 Å². The van der Waals surface area contributed by atoms with Crippen molar-refractivity contribution in [3.8, 4) is 5.75 Å². The van der Waals surface area contributed by atoms with Gasteiger partial charge in [0.05, 0.1) is 11.2 Å². The number of halogens is 1. The highest BCUT2D eigenvalue weighted by atomic mass is 127. The number of nitrogens with zero attached hydrogens (tertiary/aromatic N) is 1. The number of para-hydroxylation sites is 1. The van der Waals surface area contributed by atoms with Crippen LogP contribution in [0.1, 0.15) is 28.9 Å². The molecule has 1 fully saturated rings. The van der Waals surface area contributed by atoms with E-state index in [4.69, 9.17) is 4.74 Å². The third-order valence-electron chi connectivity index (χ3n) is 3.11. The van der Waals surface area contributed by atoms with Crippen molar-refractivity contribution in [2.24, 2.45) is 0 Å². The quantitative estimate of drug-likeness (QED) is 0.477. The molecule has 0 N–H and O–H groups in total. The Hall–Kier alpha value is -0.290. The van der Waals surface area contributed by atoms with Gasteiger partial charge < -0.3 is 4.74 Å². The van der Waals surface area contributed by atoms with Crippen LogP contribution in [-0.4, -0.2) is 25.1 Å². The molecule has 1 atom stereocenters. The monoisotopic (exact) mass is 331 g/mol. The Morgan fingerprint density at radius 3 is 2.56 bits per heavy atom. The summed E-state index contributed by atoms with van der Waals surface area (Å²) in [5.41, 5.74) is 1.30. The van der Waals surface area contributed by atoms with E-state index in [9.17, 15) is 0 Å². The summed E-state index contributed by atoms with van der Waals surface area (Å²) in [6.45, 7) is 2.43. The Morgan fingerprint density at radius 2 is 1.88 bits per heavy atom. The predicted octanol–water partition coefficient (Wildman–Crippen LogP) is 3.61. The Labute approximate surface area is 111 Å². The minimum absolute atomic E-state index is 0.439. The number of alkyl halides is 1. The Morgan fingerprint density at radius 1 is 1.19 bits per heavy atom. The van der Waals surface area contributed by atoms with Crippen LogP contribution in [0.3, 0.4) is 0 Å². The first-order valence-electron chi connectivity index (χ1n) is 5.84. The first-order valence-corrected chi connectivity index (χ1v) is 7.08. The van der Waals surface area contributed by atoms with Crippen molar-refractivity contribution < 1.29 is 4.74 Å². The van der Waals surface area contributed by atoms with Gasteiger partial charge in [0, 0.05) is 5.56 Å². The molecule has 1 saturated heterocycles. The molecule has 0 spiro atoms. The standard InChI is InChI=1S/C13H18INO/c1-16-12-8-4-3-7-11(12)13(14)15-9-5-2-6-10-15/h3-4,7-8,13H,2,5-6,9-10H2,1H3. The summed E-state index contributed by atoms with van der Waals surface area (Å²) in [5.74, 6) is 1.01. The molecule has 16 heavy (non-hydrogen) atoms. The van der Waals surface area contributed by atoms with Gasteiger partial charge >= 0.3 is 0 Å². The molecule has 1 aliphatic heterocycles. The van der Waals surface area contributed by atoms with Gasteiger partial charge in [-0.25, -0.2) is 0 Å². The van der Waals surface area contributed by atoms with Crippen molar-refractivity contribution in [2.75, 3.05) is 20.2 Å². The molecule has 1 heterocycles. The van der Waals surface area contributed by atoms with Crippen LogP contribution in [-0.2, 0) is 0 Å². The molecule has 0 amide bonds. The van der Waals surface area contributed by atoms with Crippen molar-refractivity contribution in [3.05, 3.63) is 29.8 Å². The molecule has 88 valence electrons. The lowest BCUT2D eigenvalue weighted by molar-refractivity contribution is 0.220. The van der Waals surface area contributed by atoms with Crippen LogP contribution < -0.4 is 4.74 Å². The molecule has 2 nitrogen and oxygen atoms in total. The first-order chi connectivity index (χ1) is 7.83. The lowest BCUT2D eigenvalue weighted by Crippen LogP contribution is -2.31. The molecule has 1 aromatic carbocycles. The third-order valence-corrected chi connectivity index (χ3v) is 4.57. The van der Waals surface area contributed by atoms with Gasteiger partial charge in [0.1, 0.15) is 5.75 Å². The van der Waals surface area contributed by atoms with Crippen molar-refractivity contribution in [1.82, 2.24) is 4.90 Å². The molecule has 2 rings (SSSR count). The summed E-state index contributed by atoms with van der Waals surface area (Å²) in [6.07, 6.45) is 4.04. The fraction of sp³-hybridized carbons (Fsp3) is 0.538. The van der Waals surface area contributed by atoms with Crippen molar-refractivity contribution in [3.63, 3.8) is 0 Å². The summed E-state index contributed by atoms with van der Waals surface area (Å²) >= 11 is 2.52. The largest absolute Gasteiger partial charge is 0.496 e. The van der Waals surface area contributed by atoms with Crippen LogP contribution in [0.5, 0.6) is 5.75 Å². The number of likely N-dealkylation sites (tertiary alicyclic amines) is 1. The van der Waals surface area contributed by atoms with E-state index in [0.29, 0.717) is 4.05 Å². The van der Waals surface area contributed by atoms with E-state index in [-0.39, 0.29) is 0 Å². The molecule has 1 unspecified atom stereocenters. The fourth-order valence-corrected chi connectivity index (χ4v) is 3.28. The van der Waals surface area contributed by atoms with E-state index in [2.05, 4.69) is 39.6 Å². The lowest BCUT2D eigenvalue weighted by atomic mass is 10.1. The maximum atomic E-state index is 5.43. The topological polar surface area (TPSA) is 12.5 Å². The first kappa shape index (κ1) is 12.2. The molecule has 0 bridgehead atoms. The van der Waals surface area contributed by atoms with Crippen LogP contribution in [0, 0.1) is 0 Å². The predicted molar refractivity (Wildman–Crippen MR) is 75.2 cm³/mol. The third kappa shape index (κ3) is 2.69. The Balaban J connectivity index is 2.15. The Bertz CT molecular complexity index is 336. The second-order valence-electron chi connectivity index (χ2n) is 4.17. The van der Waals surface area contributed by atoms with E-state index in [0.717, 1.165) is 5.75 Å². The molecule has 0 aromatic heterocycles. The molecule has 1 aromatic rings. The summed E-state index contributed by atoms with van der Waals surface area (Å²) in [6, 6.07) is 8.34. The van der Waals surface area contributed by atoms with E-state index >= 15 is 0 Å². The summed E-state index contributed by atoms with van der Waals surface area (Å²) < 4.78 is 5.86. The number of ether oxygens (including phenoxy) is 1. The molecule has 1 aliphatic rings. The van der Waals surface area contributed by atoms with Crippen molar-refractivity contribution in [1.29, 1.82) is 0 Å². The second kappa shape index (κ2) is 5.87. The van der Waals surface area contributed by atoms with Gasteiger partial charge in [-0.15, -0.1) is 0 Å². The average Bonchev–Trinajstić information content (AvgIpc) is 2.39.